The summed E-state index contributed by atoms with van der Waals surface area (Å²) in [5, 5.41) is 20.9. The van der Waals surface area contributed by atoms with E-state index in [9.17, 15) is 9.90 Å². The van der Waals surface area contributed by atoms with Crippen molar-refractivity contribution in [3.05, 3.63) is 71.0 Å². The van der Waals surface area contributed by atoms with Crippen LogP contribution in [0.3, 0.4) is 0 Å². The lowest BCUT2D eigenvalue weighted by molar-refractivity contribution is 0.0952. The van der Waals surface area contributed by atoms with Gasteiger partial charge in [-0.3, -0.25) is 4.79 Å². The first kappa shape index (κ1) is 17.2. The predicted molar refractivity (Wildman–Crippen MR) is 93.0 cm³/mol. The molecule has 3 aromatic rings. The molecule has 8 nitrogen and oxygen atoms in total. The zero-order valence-electron chi connectivity index (χ0n) is 13.9. The Labute approximate surface area is 149 Å². The Morgan fingerprint density at radius 1 is 1.23 bits per heavy atom. The van der Waals surface area contributed by atoms with Crippen LogP contribution < -0.4 is 10.2 Å². The number of amides is 1. The van der Waals surface area contributed by atoms with Gasteiger partial charge in [0.15, 0.2) is 0 Å². The Morgan fingerprint density at radius 2 is 2.00 bits per heavy atom. The number of phenolic OH excluding ortho intramolecular Hbond substituents is 1. The first-order chi connectivity index (χ1) is 12.6. The molecule has 0 aliphatic carbocycles. The molecule has 0 saturated heterocycles. The molecular weight excluding hydrogens is 336 g/mol. The summed E-state index contributed by atoms with van der Waals surface area (Å²) >= 11 is 0. The Bertz CT molecular complexity index is 919. The van der Waals surface area contributed by atoms with E-state index >= 15 is 0 Å². The van der Waals surface area contributed by atoms with Gasteiger partial charge in [-0.1, -0.05) is 22.4 Å². The van der Waals surface area contributed by atoms with Crippen molar-refractivity contribution in [1.82, 2.24) is 15.7 Å². The monoisotopic (exact) mass is 352 g/mol. The number of hydrazone groups is 1. The molecule has 0 aliphatic heterocycles. The second kappa shape index (κ2) is 7.93. The summed E-state index contributed by atoms with van der Waals surface area (Å²) in [6, 6.07) is 13.4. The number of para-hydroxylation sites is 1. The van der Waals surface area contributed by atoms with Crippen molar-refractivity contribution in [2.24, 2.45) is 5.10 Å². The normalized spacial score (nSPS) is 10.8. The molecular formula is C18H16N4O4. The number of carbonyl (C=O) groups excluding carboxylic acids is 1. The minimum atomic E-state index is -0.490. The number of rotatable bonds is 6. The van der Waals surface area contributed by atoms with Gasteiger partial charge in [-0.05, 0) is 48.9 Å². The summed E-state index contributed by atoms with van der Waals surface area (Å²) < 4.78 is 10.2. The number of aromatic nitrogens is 2. The van der Waals surface area contributed by atoms with Crippen molar-refractivity contribution in [1.29, 1.82) is 0 Å². The molecule has 0 bridgehead atoms. The van der Waals surface area contributed by atoms with Gasteiger partial charge in [-0.2, -0.15) is 5.10 Å². The van der Waals surface area contributed by atoms with Crippen LogP contribution in [0.1, 0.15) is 27.3 Å². The quantitative estimate of drug-likeness (QED) is 0.521. The molecule has 0 fully saturated rings. The summed E-state index contributed by atoms with van der Waals surface area (Å²) in [5.41, 5.74) is 4.63. The van der Waals surface area contributed by atoms with Gasteiger partial charge in [0, 0.05) is 0 Å². The summed E-state index contributed by atoms with van der Waals surface area (Å²) in [6.07, 6.45) is 1.49. The Balaban J connectivity index is 1.54. The van der Waals surface area contributed by atoms with Crippen molar-refractivity contribution in [2.45, 2.75) is 13.5 Å². The third-order valence-electron chi connectivity index (χ3n) is 3.53. The molecule has 8 heteroatoms. The molecule has 1 aromatic heterocycles. The van der Waals surface area contributed by atoms with Crippen LogP contribution in [-0.4, -0.2) is 27.5 Å². The zero-order chi connectivity index (χ0) is 18.4. The number of benzene rings is 2. The third-order valence-corrected chi connectivity index (χ3v) is 3.53. The second-order valence-corrected chi connectivity index (χ2v) is 5.37. The van der Waals surface area contributed by atoms with E-state index in [2.05, 4.69) is 25.5 Å². The largest absolute Gasteiger partial charge is 0.507 e. The maximum Gasteiger partial charge on any atom is 0.275 e. The Hall–Kier alpha value is -3.68. The highest BCUT2D eigenvalue weighted by atomic mass is 16.6. The lowest BCUT2D eigenvalue weighted by Gasteiger charge is -2.04. The van der Waals surface area contributed by atoms with Crippen LogP contribution >= 0.6 is 0 Å². The van der Waals surface area contributed by atoms with E-state index in [-0.39, 0.29) is 17.9 Å². The van der Waals surface area contributed by atoms with E-state index in [0.717, 1.165) is 5.56 Å². The smallest absolute Gasteiger partial charge is 0.275 e. The lowest BCUT2D eigenvalue weighted by Crippen LogP contribution is -2.17. The topological polar surface area (TPSA) is 110 Å². The number of aryl methyl sites for hydroxylation is 1. The molecule has 0 atom stereocenters. The Kier molecular flexibility index (Phi) is 5.23. The number of phenols is 1. The first-order valence-corrected chi connectivity index (χ1v) is 7.76. The standard InChI is InChI=1S/C18H16N4O4/c1-12-16(22-26-21-12)11-25-14-8-6-13(7-9-14)10-19-20-18(24)15-4-2-3-5-17(15)23/h2-10,23H,11H2,1H3,(H,20,24)/b19-10+. The van der Waals surface area contributed by atoms with Crippen molar-refractivity contribution >= 4 is 12.1 Å². The summed E-state index contributed by atoms with van der Waals surface area (Å²) in [7, 11) is 0. The van der Waals surface area contributed by atoms with Crippen molar-refractivity contribution in [2.75, 3.05) is 0 Å². The Morgan fingerprint density at radius 3 is 2.69 bits per heavy atom. The van der Waals surface area contributed by atoms with E-state index < -0.39 is 5.91 Å². The molecule has 0 spiro atoms. The van der Waals surface area contributed by atoms with Crippen LogP contribution in [0.25, 0.3) is 0 Å². The number of carbonyl (C=O) groups is 1. The molecule has 26 heavy (non-hydrogen) atoms. The number of ether oxygens (including phenoxy) is 1. The molecule has 132 valence electrons. The maximum absolute atomic E-state index is 11.9. The van der Waals surface area contributed by atoms with Gasteiger partial charge in [-0.25, -0.2) is 10.1 Å². The molecule has 0 saturated carbocycles. The number of hydrogen-bond donors (Lipinski definition) is 2. The van der Waals surface area contributed by atoms with E-state index in [1.54, 1.807) is 43.3 Å². The van der Waals surface area contributed by atoms with Gasteiger partial charge in [0.05, 0.1) is 11.8 Å². The fourth-order valence-electron chi connectivity index (χ4n) is 2.07. The molecule has 2 N–H and O–H groups in total. The van der Waals surface area contributed by atoms with Crippen LogP contribution in [0.15, 0.2) is 58.3 Å². The van der Waals surface area contributed by atoms with Crippen LogP contribution in [-0.2, 0) is 6.61 Å². The predicted octanol–water partition coefficient (Wildman–Crippen LogP) is 2.43. The van der Waals surface area contributed by atoms with Crippen molar-refractivity contribution < 1.29 is 19.3 Å². The van der Waals surface area contributed by atoms with Gasteiger partial charge >= 0.3 is 0 Å². The minimum Gasteiger partial charge on any atom is -0.507 e. The summed E-state index contributed by atoms with van der Waals surface area (Å²) in [4.78, 5) is 11.9. The van der Waals surface area contributed by atoms with Crippen LogP contribution in [0.4, 0.5) is 0 Å². The van der Waals surface area contributed by atoms with Crippen molar-refractivity contribution in [3.8, 4) is 11.5 Å². The fraction of sp³-hybridized carbons (Fsp3) is 0.111. The van der Waals surface area contributed by atoms with Crippen LogP contribution in [0.2, 0.25) is 0 Å². The molecule has 0 radical (unpaired) electrons. The number of nitrogens with one attached hydrogen (secondary N) is 1. The maximum atomic E-state index is 11.9. The van der Waals surface area contributed by atoms with E-state index in [1.165, 1.54) is 18.3 Å². The number of aromatic hydroxyl groups is 1. The molecule has 0 aliphatic rings. The van der Waals surface area contributed by atoms with E-state index in [0.29, 0.717) is 17.1 Å². The summed E-state index contributed by atoms with van der Waals surface area (Å²) in [6.45, 7) is 2.05. The molecule has 1 amide bonds. The highest BCUT2D eigenvalue weighted by Crippen LogP contribution is 2.15. The first-order valence-electron chi connectivity index (χ1n) is 7.76. The average molecular weight is 352 g/mol. The SMILES string of the molecule is Cc1nonc1COc1ccc(/C=N/NC(=O)c2ccccc2O)cc1. The lowest BCUT2D eigenvalue weighted by atomic mass is 10.2. The van der Waals surface area contributed by atoms with E-state index in [1.807, 2.05) is 0 Å². The number of hydrogen-bond acceptors (Lipinski definition) is 7. The summed E-state index contributed by atoms with van der Waals surface area (Å²) in [5.74, 6) is 0.0675. The minimum absolute atomic E-state index is 0.0979. The third kappa shape index (κ3) is 4.23. The van der Waals surface area contributed by atoms with Gasteiger partial charge in [0.25, 0.3) is 5.91 Å². The highest BCUT2D eigenvalue weighted by molar-refractivity contribution is 5.97. The molecule has 2 aromatic carbocycles. The highest BCUT2D eigenvalue weighted by Gasteiger charge is 2.08. The van der Waals surface area contributed by atoms with Gasteiger partial charge in [0.2, 0.25) is 0 Å². The van der Waals surface area contributed by atoms with Crippen LogP contribution in [0.5, 0.6) is 11.5 Å². The zero-order valence-corrected chi connectivity index (χ0v) is 13.9. The molecule has 0 unspecified atom stereocenters. The molecule has 3 rings (SSSR count). The number of nitrogens with zero attached hydrogens (tertiary/aromatic N) is 3. The van der Waals surface area contributed by atoms with Gasteiger partial charge < -0.3 is 9.84 Å². The molecule has 1 heterocycles. The van der Waals surface area contributed by atoms with Gasteiger partial charge in [0.1, 0.15) is 29.5 Å². The van der Waals surface area contributed by atoms with E-state index in [4.69, 9.17) is 4.74 Å². The second-order valence-electron chi connectivity index (χ2n) is 5.37. The van der Waals surface area contributed by atoms with Crippen LogP contribution in [0, 0.1) is 6.92 Å². The van der Waals surface area contributed by atoms with Crippen molar-refractivity contribution in [3.63, 3.8) is 0 Å². The fourth-order valence-corrected chi connectivity index (χ4v) is 2.07. The average Bonchev–Trinajstić information content (AvgIpc) is 3.06. The van der Waals surface area contributed by atoms with Gasteiger partial charge in [-0.15, -0.1) is 0 Å².